The standard InChI is InChI=1S/C16H14F3N3O2S/c1-25(23,24)21-8-10-2-4-11(5-3-10)13-6-12(16(17,18)19)7-15-14(13)9-20-22-15/h2-7,9,21H,8H2,1H3,(H,20,22). The number of nitrogens with zero attached hydrogens (tertiary/aromatic N) is 1. The molecule has 2 N–H and O–H groups in total. The molecule has 0 aliphatic heterocycles. The third-order valence-electron chi connectivity index (χ3n) is 3.69. The van der Waals surface area contributed by atoms with E-state index in [1.165, 1.54) is 6.20 Å². The summed E-state index contributed by atoms with van der Waals surface area (Å²) < 4.78 is 63.9. The van der Waals surface area contributed by atoms with E-state index in [0.29, 0.717) is 27.6 Å². The molecule has 0 saturated carbocycles. The number of alkyl halides is 3. The Morgan fingerprint density at radius 1 is 1.16 bits per heavy atom. The van der Waals surface area contributed by atoms with Gasteiger partial charge in [0.25, 0.3) is 0 Å². The summed E-state index contributed by atoms with van der Waals surface area (Å²) in [6, 6.07) is 8.75. The van der Waals surface area contributed by atoms with E-state index >= 15 is 0 Å². The van der Waals surface area contributed by atoms with Crippen LogP contribution in [0.15, 0.2) is 42.6 Å². The molecule has 3 aromatic rings. The van der Waals surface area contributed by atoms with E-state index in [1.54, 1.807) is 24.3 Å². The molecule has 1 heterocycles. The van der Waals surface area contributed by atoms with Gasteiger partial charge in [0.15, 0.2) is 0 Å². The van der Waals surface area contributed by atoms with Gasteiger partial charge in [-0.15, -0.1) is 0 Å². The van der Waals surface area contributed by atoms with Crippen LogP contribution in [0.4, 0.5) is 13.2 Å². The zero-order chi connectivity index (χ0) is 18.2. The second-order valence-corrected chi connectivity index (χ2v) is 7.48. The molecule has 0 saturated heterocycles. The minimum Gasteiger partial charge on any atom is -0.278 e. The molecule has 0 spiro atoms. The highest BCUT2D eigenvalue weighted by Crippen LogP contribution is 2.36. The Balaban J connectivity index is 2.00. The van der Waals surface area contributed by atoms with Crippen molar-refractivity contribution in [1.82, 2.24) is 14.9 Å². The van der Waals surface area contributed by atoms with Crippen molar-refractivity contribution in [1.29, 1.82) is 0 Å². The summed E-state index contributed by atoms with van der Waals surface area (Å²) in [6.45, 7) is 0.114. The maximum Gasteiger partial charge on any atom is 0.416 e. The van der Waals surface area contributed by atoms with Crippen LogP contribution in [0.5, 0.6) is 0 Å². The van der Waals surface area contributed by atoms with Crippen LogP contribution in [-0.2, 0) is 22.7 Å². The van der Waals surface area contributed by atoms with E-state index < -0.39 is 21.8 Å². The van der Waals surface area contributed by atoms with Crippen molar-refractivity contribution in [2.24, 2.45) is 0 Å². The number of hydrogen-bond acceptors (Lipinski definition) is 3. The zero-order valence-corrected chi connectivity index (χ0v) is 13.9. The molecule has 0 radical (unpaired) electrons. The van der Waals surface area contributed by atoms with E-state index in [1.807, 2.05) is 0 Å². The Kier molecular flexibility index (Phi) is 4.29. The van der Waals surface area contributed by atoms with Crippen molar-refractivity contribution < 1.29 is 21.6 Å². The van der Waals surface area contributed by atoms with E-state index in [-0.39, 0.29) is 6.54 Å². The lowest BCUT2D eigenvalue weighted by Crippen LogP contribution is -2.21. The van der Waals surface area contributed by atoms with Crippen LogP contribution in [0.25, 0.3) is 22.0 Å². The van der Waals surface area contributed by atoms with Crippen LogP contribution in [0.1, 0.15) is 11.1 Å². The Morgan fingerprint density at radius 3 is 2.44 bits per heavy atom. The number of halogens is 3. The normalized spacial score (nSPS) is 12.6. The summed E-state index contributed by atoms with van der Waals surface area (Å²) in [5, 5.41) is 6.96. The average molecular weight is 369 g/mol. The summed E-state index contributed by atoms with van der Waals surface area (Å²) in [5.41, 5.74) is 1.22. The van der Waals surface area contributed by atoms with Crippen LogP contribution in [0.3, 0.4) is 0 Å². The second-order valence-electron chi connectivity index (χ2n) is 5.64. The fraction of sp³-hybridized carbons (Fsp3) is 0.188. The lowest BCUT2D eigenvalue weighted by Gasteiger charge is -2.11. The third-order valence-corrected chi connectivity index (χ3v) is 4.36. The first-order valence-electron chi connectivity index (χ1n) is 7.22. The fourth-order valence-corrected chi connectivity index (χ4v) is 2.90. The van der Waals surface area contributed by atoms with Crippen molar-refractivity contribution in [3.05, 3.63) is 53.7 Å². The summed E-state index contributed by atoms with van der Waals surface area (Å²) in [6.07, 6.45) is -1.93. The van der Waals surface area contributed by atoms with Gasteiger partial charge in [0.2, 0.25) is 10.0 Å². The highest BCUT2D eigenvalue weighted by molar-refractivity contribution is 7.88. The first-order chi connectivity index (χ1) is 11.6. The second kappa shape index (κ2) is 6.16. The molecule has 2 aromatic carbocycles. The van der Waals surface area contributed by atoms with Gasteiger partial charge in [0.05, 0.1) is 23.5 Å². The lowest BCUT2D eigenvalue weighted by molar-refractivity contribution is -0.137. The molecule has 5 nitrogen and oxygen atoms in total. The Bertz CT molecular complexity index is 1010. The molecule has 0 unspecified atom stereocenters. The van der Waals surface area contributed by atoms with Crippen molar-refractivity contribution in [3.63, 3.8) is 0 Å². The minimum atomic E-state index is -4.46. The predicted molar refractivity (Wildman–Crippen MR) is 88.2 cm³/mol. The van der Waals surface area contributed by atoms with Gasteiger partial charge in [-0.1, -0.05) is 24.3 Å². The molecule has 1 aromatic heterocycles. The van der Waals surface area contributed by atoms with Gasteiger partial charge in [-0.05, 0) is 28.8 Å². The topological polar surface area (TPSA) is 74.8 Å². The summed E-state index contributed by atoms with van der Waals surface area (Å²) in [7, 11) is -3.32. The Hall–Kier alpha value is -2.39. The lowest BCUT2D eigenvalue weighted by atomic mass is 9.98. The van der Waals surface area contributed by atoms with E-state index in [0.717, 1.165) is 18.4 Å². The van der Waals surface area contributed by atoms with Crippen LogP contribution < -0.4 is 4.72 Å². The van der Waals surface area contributed by atoms with Gasteiger partial charge < -0.3 is 0 Å². The van der Waals surface area contributed by atoms with Gasteiger partial charge in [-0.2, -0.15) is 18.3 Å². The highest BCUT2D eigenvalue weighted by atomic mass is 32.2. The van der Waals surface area contributed by atoms with Crippen molar-refractivity contribution in [2.75, 3.05) is 6.26 Å². The maximum atomic E-state index is 13.1. The van der Waals surface area contributed by atoms with Gasteiger partial charge in [0.1, 0.15) is 0 Å². The number of fused-ring (bicyclic) bond motifs is 1. The molecule has 9 heteroatoms. The number of aromatic nitrogens is 2. The predicted octanol–water partition coefficient (Wildman–Crippen LogP) is 3.30. The van der Waals surface area contributed by atoms with Crippen molar-refractivity contribution in [3.8, 4) is 11.1 Å². The maximum absolute atomic E-state index is 13.1. The Labute approximate surface area is 141 Å². The van der Waals surface area contributed by atoms with Crippen LogP contribution in [0, 0.1) is 0 Å². The molecular formula is C16H14F3N3O2S. The van der Waals surface area contributed by atoms with Gasteiger partial charge >= 0.3 is 6.18 Å². The number of nitrogens with one attached hydrogen (secondary N) is 2. The molecule has 3 rings (SSSR count). The van der Waals surface area contributed by atoms with E-state index in [9.17, 15) is 21.6 Å². The molecule has 132 valence electrons. The number of rotatable bonds is 4. The zero-order valence-electron chi connectivity index (χ0n) is 13.1. The van der Waals surface area contributed by atoms with Crippen LogP contribution in [0.2, 0.25) is 0 Å². The fourth-order valence-electron chi connectivity index (χ4n) is 2.47. The van der Waals surface area contributed by atoms with Gasteiger partial charge in [-0.3, -0.25) is 5.10 Å². The number of hydrogen-bond donors (Lipinski definition) is 2. The van der Waals surface area contributed by atoms with Gasteiger partial charge in [-0.25, -0.2) is 13.1 Å². The number of H-pyrrole nitrogens is 1. The highest BCUT2D eigenvalue weighted by Gasteiger charge is 2.31. The van der Waals surface area contributed by atoms with E-state index in [4.69, 9.17) is 0 Å². The van der Waals surface area contributed by atoms with Gasteiger partial charge in [0, 0.05) is 11.9 Å². The monoisotopic (exact) mass is 369 g/mol. The largest absolute Gasteiger partial charge is 0.416 e. The molecular weight excluding hydrogens is 355 g/mol. The molecule has 25 heavy (non-hydrogen) atoms. The van der Waals surface area contributed by atoms with Crippen LogP contribution in [-0.4, -0.2) is 24.9 Å². The van der Waals surface area contributed by atoms with E-state index in [2.05, 4.69) is 14.9 Å². The molecule has 0 atom stereocenters. The van der Waals surface area contributed by atoms with Crippen molar-refractivity contribution >= 4 is 20.9 Å². The summed E-state index contributed by atoms with van der Waals surface area (Å²) in [4.78, 5) is 0. The minimum absolute atomic E-state index is 0.114. The third kappa shape index (κ3) is 3.99. The smallest absolute Gasteiger partial charge is 0.278 e. The number of aromatic amines is 1. The SMILES string of the molecule is CS(=O)(=O)NCc1ccc(-c2cc(C(F)(F)F)cc3[nH]ncc23)cc1. The first-order valence-corrected chi connectivity index (χ1v) is 9.11. The number of benzene rings is 2. The summed E-state index contributed by atoms with van der Waals surface area (Å²) in [5.74, 6) is 0. The average Bonchev–Trinajstić information content (AvgIpc) is 2.99. The molecule has 0 aliphatic rings. The molecule has 0 aliphatic carbocycles. The number of sulfonamides is 1. The molecule has 0 amide bonds. The quantitative estimate of drug-likeness (QED) is 0.741. The molecule has 0 bridgehead atoms. The van der Waals surface area contributed by atoms with Crippen LogP contribution >= 0.6 is 0 Å². The summed E-state index contributed by atoms with van der Waals surface area (Å²) >= 11 is 0. The molecule has 0 fully saturated rings. The Morgan fingerprint density at radius 2 is 1.84 bits per heavy atom. The van der Waals surface area contributed by atoms with Crippen molar-refractivity contribution in [2.45, 2.75) is 12.7 Å². The first kappa shape index (κ1) is 17.4.